The van der Waals surface area contributed by atoms with E-state index < -0.39 is 5.54 Å². The number of rotatable bonds is 37. The predicted molar refractivity (Wildman–Crippen MR) is 231 cm³/mol. The quantitative estimate of drug-likeness (QED) is 0.0190. The van der Waals surface area contributed by atoms with Gasteiger partial charge in [0.15, 0.2) is 0 Å². The van der Waals surface area contributed by atoms with Gasteiger partial charge in [0, 0.05) is 71.8 Å². The standard InChI is InChI=1S/C29H56N7O9.C13H26O.K/c1-4-8-25(38)32-14-6-15-34-27(40)10-19-44-22-29(30-3,23-45-20-11-28(41)35-16-7-17-36-42)21-43-18-9-26(39)33-13-5-12-31-24(2)37;1-6-7-8-12(2,3)11-13(4,5)9-10-14;/h30,36H,4-23H2,1-3H3,(H,31,37)(H,32,38)(H,33,39)(H,34,40)(H,35,41);10H,6-9,11H2,1-5H3;/q-1;;+1. The minimum atomic E-state index is -0.807. The van der Waals surface area contributed by atoms with Crippen LogP contribution >= 0.6 is 0 Å². The van der Waals surface area contributed by atoms with Crippen LogP contribution in [0.15, 0.2) is 0 Å². The molecule has 7 N–H and O–H groups in total. The molecule has 1 atom stereocenters. The summed E-state index contributed by atoms with van der Waals surface area (Å²) >= 11 is 0. The molecular weight excluding hydrogens is 802 g/mol. The van der Waals surface area contributed by atoms with E-state index in [0.717, 1.165) is 19.1 Å². The molecule has 346 valence electrons. The van der Waals surface area contributed by atoms with Crippen LogP contribution in [0.5, 0.6) is 0 Å². The van der Waals surface area contributed by atoms with Crippen molar-refractivity contribution in [1.29, 1.82) is 0 Å². The van der Waals surface area contributed by atoms with E-state index in [1.54, 1.807) is 12.5 Å². The van der Waals surface area contributed by atoms with Crippen LogP contribution in [0.2, 0.25) is 0 Å². The van der Waals surface area contributed by atoms with E-state index in [2.05, 4.69) is 66.5 Å². The van der Waals surface area contributed by atoms with Gasteiger partial charge < -0.3 is 61.6 Å². The van der Waals surface area contributed by atoms with Gasteiger partial charge in [0.25, 0.3) is 0 Å². The Hall–Kier alpha value is -1.58. The molecule has 0 spiro atoms. The number of nitrogens with one attached hydrogen (secondary N) is 7. The zero-order valence-electron chi connectivity index (χ0n) is 38.8. The second kappa shape index (κ2) is 40.2. The van der Waals surface area contributed by atoms with Crippen molar-refractivity contribution in [3.63, 3.8) is 0 Å². The molecule has 0 aliphatic carbocycles. The Morgan fingerprint density at radius 2 is 0.983 bits per heavy atom. The first-order chi connectivity index (χ1) is 28.0. The van der Waals surface area contributed by atoms with E-state index in [-0.39, 0.29) is 152 Å². The van der Waals surface area contributed by atoms with Gasteiger partial charge >= 0.3 is 51.4 Å². The first-order valence-electron chi connectivity index (χ1n) is 21.5. The van der Waals surface area contributed by atoms with E-state index in [1.165, 1.54) is 26.2 Å². The van der Waals surface area contributed by atoms with Crippen LogP contribution in [-0.2, 0) is 43.0 Å². The van der Waals surface area contributed by atoms with Gasteiger partial charge in [-0.2, -0.15) is 0 Å². The number of amides is 5. The summed E-state index contributed by atoms with van der Waals surface area (Å²) in [6, 6.07) is 0. The zero-order chi connectivity index (χ0) is 44.8. The Morgan fingerprint density at radius 3 is 1.33 bits per heavy atom. The summed E-state index contributed by atoms with van der Waals surface area (Å²) in [5, 5.41) is 27.2. The number of ether oxygens (including phenoxy) is 3. The molecule has 18 heteroatoms. The van der Waals surface area contributed by atoms with E-state index in [0.29, 0.717) is 70.2 Å². The van der Waals surface area contributed by atoms with Crippen molar-refractivity contribution < 1.29 is 94.4 Å². The van der Waals surface area contributed by atoms with Gasteiger partial charge in [0.1, 0.15) is 6.29 Å². The summed E-state index contributed by atoms with van der Waals surface area (Å²) in [4.78, 5) is 69.2. The third-order valence-electron chi connectivity index (χ3n) is 9.19. The van der Waals surface area contributed by atoms with E-state index >= 15 is 0 Å². The fourth-order valence-corrected chi connectivity index (χ4v) is 6.07. The van der Waals surface area contributed by atoms with Gasteiger partial charge in [-0.3, -0.25) is 24.0 Å². The summed E-state index contributed by atoms with van der Waals surface area (Å²) in [7, 11) is 1.72. The van der Waals surface area contributed by atoms with Crippen molar-refractivity contribution in [2.24, 2.45) is 10.8 Å². The number of hydrogen-bond acceptors (Lipinski definition) is 12. The van der Waals surface area contributed by atoms with Crippen LogP contribution in [-0.4, -0.2) is 127 Å². The van der Waals surface area contributed by atoms with Gasteiger partial charge in [0.05, 0.1) is 45.2 Å². The van der Waals surface area contributed by atoms with E-state index in [4.69, 9.17) is 14.2 Å². The second-order valence-electron chi connectivity index (χ2n) is 16.5. The molecule has 0 fully saturated rings. The number of aldehydes is 1. The molecule has 0 rings (SSSR count). The maximum Gasteiger partial charge on any atom is 1.00 e. The smallest absolute Gasteiger partial charge is 0.788 e. The van der Waals surface area contributed by atoms with Gasteiger partial charge in [-0.25, -0.2) is 0 Å². The molecule has 0 saturated carbocycles. The van der Waals surface area contributed by atoms with Crippen LogP contribution < -0.4 is 88.8 Å². The van der Waals surface area contributed by atoms with E-state index in [1.807, 2.05) is 6.92 Å². The van der Waals surface area contributed by atoms with E-state index in [9.17, 15) is 34.0 Å². The summed E-state index contributed by atoms with van der Waals surface area (Å²) in [5.74, 6) is -0.650. The van der Waals surface area contributed by atoms with Gasteiger partial charge in [-0.15, -0.1) is 0 Å². The average Bonchev–Trinajstić information content (AvgIpc) is 3.17. The van der Waals surface area contributed by atoms with Crippen LogP contribution in [0.1, 0.15) is 132 Å². The molecule has 0 aliphatic heterocycles. The number of carbonyl (C=O) groups excluding carboxylic acids is 6. The first-order valence-corrected chi connectivity index (χ1v) is 21.5. The SMILES string of the molecule is CCCC(=O)NCCCNC(=O)CCOCC(COCCC(=O)NCCCN[O-])(COCCC(=O)NCCCNC(C)=O)NC.CCCCC(C)(C)CC(C)(C)CC=O.[K+]. The number of carbonyl (C=O) groups is 6. The average molecular weight is 884 g/mol. The van der Waals surface area contributed by atoms with Gasteiger partial charge in [-0.1, -0.05) is 54.4 Å². The Balaban J connectivity index is -0.00000183. The number of hydrogen-bond donors (Lipinski definition) is 7. The van der Waals surface area contributed by atoms with Gasteiger partial charge in [-0.05, 0) is 62.9 Å². The monoisotopic (exact) mass is 884 g/mol. The van der Waals surface area contributed by atoms with Gasteiger partial charge in [0.2, 0.25) is 29.5 Å². The molecule has 0 radical (unpaired) electrons. The van der Waals surface area contributed by atoms with Crippen molar-refractivity contribution >= 4 is 35.8 Å². The molecule has 60 heavy (non-hydrogen) atoms. The molecule has 0 bridgehead atoms. The van der Waals surface area contributed by atoms with Crippen LogP contribution in [0.4, 0.5) is 0 Å². The number of unbranched alkanes of at least 4 members (excludes halogenated alkanes) is 1. The summed E-state index contributed by atoms with van der Waals surface area (Å²) < 4.78 is 17.4. The van der Waals surface area contributed by atoms with Crippen molar-refractivity contribution in [3.05, 3.63) is 5.21 Å². The normalized spacial score (nSPS) is 12.2. The summed E-state index contributed by atoms with van der Waals surface area (Å²) in [6.07, 6.45) is 10.2. The molecule has 0 heterocycles. The largest absolute Gasteiger partial charge is 1.00 e. The third kappa shape index (κ3) is 40.5. The molecule has 17 nitrogen and oxygen atoms in total. The second-order valence-corrected chi connectivity index (χ2v) is 16.5. The number of hydroxylamine groups is 1. The Labute approximate surface area is 404 Å². The molecule has 0 aromatic carbocycles. The topological polar surface area (TPSA) is 237 Å². The fourth-order valence-electron chi connectivity index (χ4n) is 6.07. The molecular formula is C42H82KN7O10. The molecule has 1 unspecified atom stereocenters. The van der Waals surface area contributed by atoms with Crippen molar-refractivity contribution in [2.75, 3.05) is 86.0 Å². The Bertz CT molecular complexity index is 1150. The summed E-state index contributed by atoms with van der Waals surface area (Å²) in [5.41, 5.74) is 1.52. The van der Waals surface area contributed by atoms with Crippen LogP contribution in [0.3, 0.4) is 0 Å². The Morgan fingerprint density at radius 1 is 0.583 bits per heavy atom. The number of likely N-dealkylation sites (N-methyl/N-ethyl adjacent to an activating group) is 1. The molecule has 0 saturated heterocycles. The minimum absolute atomic E-state index is 0. The third-order valence-corrected chi connectivity index (χ3v) is 9.19. The molecule has 0 aromatic rings. The maximum atomic E-state index is 12.2. The van der Waals surface area contributed by atoms with Crippen LogP contribution in [0.25, 0.3) is 0 Å². The minimum Gasteiger partial charge on any atom is -0.788 e. The van der Waals surface area contributed by atoms with Crippen LogP contribution in [0, 0.1) is 16.0 Å². The van der Waals surface area contributed by atoms with Crippen molar-refractivity contribution in [2.45, 2.75) is 137 Å². The van der Waals surface area contributed by atoms with Crippen molar-refractivity contribution in [1.82, 2.24) is 37.4 Å². The predicted octanol–water partition coefficient (Wildman–Crippen LogP) is 0.0355. The maximum absolute atomic E-state index is 12.2. The first kappa shape index (κ1) is 62.7. The molecule has 0 aliphatic rings. The zero-order valence-corrected chi connectivity index (χ0v) is 42.0. The molecule has 0 aromatic heterocycles. The fraction of sp³-hybridized carbons (Fsp3) is 0.857. The molecule has 5 amide bonds. The Kier molecular flexibility index (Phi) is 42.0. The summed E-state index contributed by atoms with van der Waals surface area (Å²) in [6.45, 7) is 18.0. The van der Waals surface area contributed by atoms with Crippen molar-refractivity contribution in [3.8, 4) is 0 Å².